The van der Waals surface area contributed by atoms with Crippen molar-refractivity contribution < 1.29 is 44.7 Å². The number of carbonyl (C=O) groups excluding carboxylic acids is 2. The molecule has 1 aromatic carbocycles. The molecule has 0 aliphatic heterocycles. The number of aromatic amines is 1. The normalized spacial score (nSPS) is 15.1. The molecule has 1 aliphatic rings. The van der Waals surface area contributed by atoms with Crippen molar-refractivity contribution in [1.82, 2.24) is 30.4 Å². The minimum absolute atomic E-state index is 0.00750. The van der Waals surface area contributed by atoms with Gasteiger partial charge in [0.05, 0.1) is 30.4 Å². The number of fused-ring (bicyclic) bond motifs is 1. The molecule has 2 aromatic heterocycles. The van der Waals surface area contributed by atoms with Gasteiger partial charge >= 0.3 is 12.4 Å². The average Bonchev–Trinajstić information content (AvgIpc) is 3.54. The first-order valence-electron chi connectivity index (χ1n) is 13.2. The van der Waals surface area contributed by atoms with Gasteiger partial charge in [0.15, 0.2) is 0 Å². The van der Waals surface area contributed by atoms with E-state index in [1.165, 1.54) is 12.3 Å². The zero-order chi connectivity index (χ0) is 31.0. The van der Waals surface area contributed by atoms with Crippen LogP contribution in [-0.4, -0.2) is 49.8 Å². The monoisotopic (exact) mass is 610 g/mol. The van der Waals surface area contributed by atoms with E-state index < -0.39 is 55.9 Å². The van der Waals surface area contributed by atoms with E-state index in [9.17, 15) is 44.7 Å². The highest BCUT2D eigenvalue weighted by atomic mass is 19.4. The molecule has 0 saturated heterocycles. The van der Waals surface area contributed by atoms with Crippen LogP contribution in [0.3, 0.4) is 0 Å². The smallest absolute Gasteiger partial charge is 0.352 e. The minimum atomic E-state index is -4.40. The topological polar surface area (TPSA) is 105 Å². The molecule has 2 amide bonds. The number of imidazole rings is 1. The third kappa shape index (κ3) is 11.6. The molecule has 4 rings (SSSR count). The number of halogens is 8. The number of amides is 2. The number of hydrogen-bond acceptors (Lipinski definition) is 4. The fraction of sp³-hybridized carbons (Fsp3) is 0.538. The van der Waals surface area contributed by atoms with E-state index in [0.717, 1.165) is 11.1 Å². The first-order valence-corrected chi connectivity index (χ1v) is 13.2. The van der Waals surface area contributed by atoms with E-state index in [-0.39, 0.29) is 31.6 Å². The van der Waals surface area contributed by atoms with E-state index in [2.05, 4.69) is 25.7 Å². The maximum absolute atomic E-state index is 12.3. The molecule has 3 N–H and O–H groups in total. The second-order valence-electron chi connectivity index (χ2n) is 9.86. The fourth-order valence-electron chi connectivity index (χ4n) is 4.02. The number of H-pyrrole nitrogens is 1. The van der Waals surface area contributed by atoms with Gasteiger partial charge in [0, 0.05) is 38.5 Å². The van der Waals surface area contributed by atoms with Crippen LogP contribution in [0.2, 0.25) is 0 Å². The van der Waals surface area contributed by atoms with Gasteiger partial charge in [-0.05, 0) is 36.6 Å². The van der Waals surface area contributed by atoms with Gasteiger partial charge in [-0.25, -0.2) is 13.8 Å². The largest absolute Gasteiger partial charge is 0.390 e. The summed E-state index contributed by atoms with van der Waals surface area (Å²) in [5.74, 6) is -3.23. The highest BCUT2D eigenvalue weighted by Gasteiger charge is 2.30. The Morgan fingerprint density at radius 1 is 0.929 bits per heavy atom. The lowest BCUT2D eigenvalue weighted by molar-refractivity contribution is -0.144. The first kappa shape index (κ1) is 32.8. The summed E-state index contributed by atoms with van der Waals surface area (Å²) in [6.07, 6.45) is -7.68. The van der Waals surface area contributed by atoms with Crippen molar-refractivity contribution in [2.45, 2.75) is 89.3 Å². The van der Waals surface area contributed by atoms with E-state index in [1.807, 2.05) is 0 Å². The molecule has 2 heterocycles. The van der Waals surface area contributed by atoms with Crippen molar-refractivity contribution >= 4 is 22.8 Å². The zero-order valence-corrected chi connectivity index (χ0v) is 22.3. The Bertz CT molecular complexity index is 1320. The molecule has 0 radical (unpaired) electrons. The van der Waals surface area contributed by atoms with Crippen LogP contribution in [0.25, 0.3) is 11.0 Å². The molecule has 232 valence electrons. The van der Waals surface area contributed by atoms with E-state index in [1.54, 1.807) is 18.2 Å². The van der Waals surface area contributed by atoms with Gasteiger partial charge in [-0.3, -0.25) is 14.3 Å². The predicted octanol–water partition coefficient (Wildman–Crippen LogP) is 6.19. The second kappa shape index (κ2) is 14.0. The summed E-state index contributed by atoms with van der Waals surface area (Å²) >= 11 is 0. The van der Waals surface area contributed by atoms with Crippen LogP contribution < -0.4 is 10.6 Å². The molecule has 3 aromatic rings. The van der Waals surface area contributed by atoms with Gasteiger partial charge in [-0.15, -0.1) is 0 Å². The van der Waals surface area contributed by atoms with Crippen molar-refractivity contribution in [3.63, 3.8) is 0 Å². The Morgan fingerprint density at radius 2 is 1.62 bits per heavy atom. The molecule has 42 heavy (non-hydrogen) atoms. The molecule has 1 saturated carbocycles. The predicted molar refractivity (Wildman–Crippen MR) is 135 cm³/mol. The SMILES string of the molecule is FC1(F)CCCCC1.O=C(CCC(F)(F)F)NCc1ccc2nc(CNC(=O)c3ccn(CCC(F)(F)F)n3)[nH]c2c1. The standard InChI is InChI=1S/C20H20F6N6O2.C6H10F2/c21-19(22,23)5-3-17(33)27-10-12-1-2-13-15(9-12)30-16(29-13)11-28-18(34)14-4-7-32(31-14)8-6-20(24,25)26;7-6(8)4-2-1-3-5-6/h1-2,4,7,9H,3,5-6,8,10-11H2,(H,27,33)(H,28,34)(H,29,30);1-5H2. The molecular weight excluding hydrogens is 580 g/mol. The fourth-order valence-corrected chi connectivity index (χ4v) is 4.02. The Morgan fingerprint density at radius 3 is 2.24 bits per heavy atom. The lowest BCUT2D eigenvalue weighted by Gasteiger charge is -2.20. The summed E-state index contributed by atoms with van der Waals surface area (Å²) in [4.78, 5) is 31.0. The summed E-state index contributed by atoms with van der Waals surface area (Å²) in [6.45, 7) is -0.368. The number of rotatable bonds is 9. The number of hydrogen-bond donors (Lipinski definition) is 3. The van der Waals surface area contributed by atoms with Crippen molar-refractivity contribution in [3.8, 4) is 0 Å². The maximum Gasteiger partial charge on any atom is 0.390 e. The van der Waals surface area contributed by atoms with Crippen LogP contribution in [0.1, 0.15) is 73.2 Å². The van der Waals surface area contributed by atoms with E-state index >= 15 is 0 Å². The zero-order valence-electron chi connectivity index (χ0n) is 22.3. The van der Waals surface area contributed by atoms with Gasteiger partial charge in [-0.2, -0.15) is 31.4 Å². The van der Waals surface area contributed by atoms with Gasteiger partial charge in [0.1, 0.15) is 11.5 Å². The Labute approximate surface area is 235 Å². The third-order valence-corrected chi connectivity index (χ3v) is 6.22. The lowest BCUT2D eigenvalue weighted by Crippen LogP contribution is -2.24. The molecule has 8 nitrogen and oxygen atoms in total. The van der Waals surface area contributed by atoms with Crippen LogP contribution >= 0.6 is 0 Å². The average molecular weight is 611 g/mol. The molecule has 0 spiro atoms. The van der Waals surface area contributed by atoms with Crippen molar-refractivity contribution in [1.29, 1.82) is 0 Å². The van der Waals surface area contributed by atoms with Gasteiger partial charge in [0.2, 0.25) is 11.8 Å². The van der Waals surface area contributed by atoms with Crippen molar-refractivity contribution in [2.75, 3.05) is 0 Å². The van der Waals surface area contributed by atoms with Crippen molar-refractivity contribution in [3.05, 3.63) is 47.5 Å². The summed E-state index contributed by atoms with van der Waals surface area (Å²) in [6, 6.07) is 6.28. The Hall–Kier alpha value is -3.72. The van der Waals surface area contributed by atoms with Crippen LogP contribution in [0, 0.1) is 0 Å². The quantitative estimate of drug-likeness (QED) is 0.252. The van der Waals surface area contributed by atoms with Crippen LogP contribution in [0.5, 0.6) is 0 Å². The van der Waals surface area contributed by atoms with E-state index in [0.29, 0.717) is 35.3 Å². The molecule has 1 aliphatic carbocycles. The van der Waals surface area contributed by atoms with Crippen LogP contribution in [0.15, 0.2) is 30.5 Å². The summed E-state index contributed by atoms with van der Waals surface area (Å²) in [5, 5.41) is 8.80. The third-order valence-electron chi connectivity index (χ3n) is 6.22. The Kier molecular flexibility index (Phi) is 10.9. The van der Waals surface area contributed by atoms with Crippen LogP contribution in [0.4, 0.5) is 35.1 Å². The molecule has 0 unspecified atom stereocenters. The molecule has 0 atom stereocenters. The lowest BCUT2D eigenvalue weighted by atomic mass is 9.97. The Balaban J connectivity index is 0.000000521. The molecular formula is C26H30F8N6O2. The number of nitrogens with one attached hydrogen (secondary N) is 3. The van der Waals surface area contributed by atoms with Gasteiger partial charge in [-0.1, -0.05) is 12.5 Å². The summed E-state index contributed by atoms with van der Waals surface area (Å²) in [7, 11) is 0. The maximum atomic E-state index is 12.3. The minimum Gasteiger partial charge on any atom is -0.352 e. The van der Waals surface area contributed by atoms with E-state index in [4.69, 9.17) is 0 Å². The van der Waals surface area contributed by atoms with Crippen LogP contribution in [-0.2, 0) is 24.4 Å². The number of carbonyl (C=O) groups is 2. The number of aryl methyl sites for hydroxylation is 1. The highest BCUT2D eigenvalue weighted by molar-refractivity contribution is 5.92. The van der Waals surface area contributed by atoms with Gasteiger partial charge in [0.25, 0.3) is 5.91 Å². The van der Waals surface area contributed by atoms with Crippen molar-refractivity contribution in [2.24, 2.45) is 0 Å². The summed E-state index contributed by atoms with van der Waals surface area (Å²) < 4.78 is 98.8. The number of nitrogens with zero attached hydrogens (tertiary/aromatic N) is 3. The number of benzene rings is 1. The molecule has 16 heteroatoms. The van der Waals surface area contributed by atoms with Gasteiger partial charge < -0.3 is 15.6 Å². The summed E-state index contributed by atoms with van der Waals surface area (Å²) in [5.41, 5.74) is 1.74. The molecule has 0 bridgehead atoms. The number of aromatic nitrogens is 4. The second-order valence-corrected chi connectivity index (χ2v) is 9.86. The number of alkyl halides is 8. The molecule has 1 fully saturated rings. The first-order chi connectivity index (χ1) is 19.6. The highest BCUT2D eigenvalue weighted by Crippen LogP contribution is 2.32.